The van der Waals surface area contributed by atoms with Gasteiger partial charge in [-0.1, -0.05) is 11.8 Å². The molecule has 8 heteroatoms. The number of amides is 2. The van der Waals surface area contributed by atoms with E-state index in [2.05, 4.69) is 20.6 Å². The summed E-state index contributed by atoms with van der Waals surface area (Å²) in [6.45, 7) is 5.58. The molecular weight excluding hydrogens is 343 g/mol. The second-order valence-electron chi connectivity index (χ2n) is 5.42. The third kappa shape index (κ3) is 5.82. The minimum Gasteiger partial charge on any atom is -0.346 e. The SMILES string of the molecule is Cc1nc(SCC(=O)NCC(=O)Nc2ccc(F)cc2)nc(C)c1C. The van der Waals surface area contributed by atoms with Crippen molar-refractivity contribution in [3.8, 4) is 0 Å². The Kier molecular flexibility index (Phi) is 6.46. The van der Waals surface area contributed by atoms with Gasteiger partial charge in [-0.2, -0.15) is 0 Å². The van der Waals surface area contributed by atoms with E-state index in [-0.39, 0.29) is 29.9 Å². The van der Waals surface area contributed by atoms with Crippen molar-refractivity contribution < 1.29 is 14.0 Å². The number of carbonyl (C=O) groups excluding carboxylic acids is 2. The molecule has 0 aliphatic rings. The molecule has 1 aromatic carbocycles. The summed E-state index contributed by atoms with van der Waals surface area (Å²) < 4.78 is 12.8. The number of hydrogen-bond acceptors (Lipinski definition) is 5. The summed E-state index contributed by atoms with van der Waals surface area (Å²) in [6.07, 6.45) is 0. The van der Waals surface area contributed by atoms with Crippen LogP contribution in [0.4, 0.5) is 10.1 Å². The first kappa shape index (κ1) is 18.9. The van der Waals surface area contributed by atoms with Crippen LogP contribution in [0.5, 0.6) is 0 Å². The lowest BCUT2D eigenvalue weighted by Crippen LogP contribution is -2.33. The highest BCUT2D eigenvalue weighted by Gasteiger charge is 2.10. The van der Waals surface area contributed by atoms with E-state index in [9.17, 15) is 14.0 Å². The maximum absolute atomic E-state index is 12.8. The van der Waals surface area contributed by atoms with Gasteiger partial charge in [-0.25, -0.2) is 14.4 Å². The molecule has 6 nitrogen and oxygen atoms in total. The molecule has 2 N–H and O–H groups in total. The Morgan fingerprint density at radius 1 is 1.04 bits per heavy atom. The van der Waals surface area contributed by atoms with Crippen LogP contribution < -0.4 is 10.6 Å². The van der Waals surface area contributed by atoms with E-state index < -0.39 is 0 Å². The van der Waals surface area contributed by atoms with E-state index in [1.165, 1.54) is 36.0 Å². The molecule has 2 rings (SSSR count). The summed E-state index contributed by atoms with van der Waals surface area (Å²) in [4.78, 5) is 32.2. The van der Waals surface area contributed by atoms with Crippen LogP contribution in [0, 0.1) is 26.6 Å². The van der Waals surface area contributed by atoms with Crippen LogP contribution in [0.15, 0.2) is 29.4 Å². The number of aromatic nitrogens is 2. The highest BCUT2D eigenvalue weighted by molar-refractivity contribution is 7.99. The monoisotopic (exact) mass is 362 g/mol. The summed E-state index contributed by atoms with van der Waals surface area (Å²) in [6, 6.07) is 5.39. The maximum Gasteiger partial charge on any atom is 0.243 e. The molecule has 1 heterocycles. The van der Waals surface area contributed by atoms with Gasteiger partial charge < -0.3 is 10.6 Å². The molecule has 0 radical (unpaired) electrons. The number of anilines is 1. The molecule has 2 amide bonds. The fraction of sp³-hybridized carbons (Fsp3) is 0.294. The first-order valence-electron chi connectivity index (χ1n) is 7.62. The van der Waals surface area contributed by atoms with Crippen LogP contribution >= 0.6 is 11.8 Å². The van der Waals surface area contributed by atoms with Gasteiger partial charge in [0.05, 0.1) is 12.3 Å². The highest BCUT2D eigenvalue weighted by atomic mass is 32.2. The Morgan fingerprint density at radius 2 is 1.64 bits per heavy atom. The molecule has 25 heavy (non-hydrogen) atoms. The first-order chi connectivity index (χ1) is 11.8. The summed E-state index contributed by atoms with van der Waals surface area (Å²) in [5.74, 6) is -0.944. The van der Waals surface area contributed by atoms with E-state index in [0.717, 1.165) is 17.0 Å². The van der Waals surface area contributed by atoms with Gasteiger partial charge in [0.25, 0.3) is 0 Å². The zero-order chi connectivity index (χ0) is 18.4. The first-order valence-corrected chi connectivity index (χ1v) is 8.60. The van der Waals surface area contributed by atoms with Crippen LogP contribution in [0.2, 0.25) is 0 Å². The van der Waals surface area contributed by atoms with Crippen molar-refractivity contribution in [2.45, 2.75) is 25.9 Å². The fourth-order valence-corrected chi connectivity index (χ4v) is 2.67. The average Bonchev–Trinajstić information content (AvgIpc) is 2.58. The Hall–Kier alpha value is -2.48. The van der Waals surface area contributed by atoms with Gasteiger partial charge in [0.1, 0.15) is 5.82 Å². The summed E-state index contributed by atoms with van der Waals surface area (Å²) in [5, 5.41) is 5.62. The molecule has 132 valence electrons. The number of halogens is 1. The molecule has 0 fully saturated rings. The van der Waals surface area contributed by atoms with Crippen LogP contribution in [0.25, 0.3) is 0 Å². The van der Waals surface area contributed by atoms with Crippen molar-refractivity contribution in [2.24, 2.45) is 0 Å². The van der Waals surface area contributed by atoms with E-state index in [4.69, 9.17) is 0 Å². The number of nitrogens with one attached hydrogen (secondary N) is 2. The zero-order valence-electron chi connectivity index (χ0n) is 14.2. The van der Waals surface area contributed by atoms with Crippen molar-refractivity contribution in [1.29, 1.82) is 0 Å². The lowest BCUT2D eigenvalue weighted by Gasteiger charge is -2.08. The molecule has 0 aliphatic carbocycles. The van der Waals surface area contributed by atoms with Gasteiger partial charge in [0, 0.05) is 17.1 Å². The third-order valence-electron chi connectivity index (χ3n) is 3.52. The minimum absolute atomic E-state index is 0.117. The average molecular weight is 362 g/mol. The molecule has 0 atom stereocenters. The Balaban J connectivity index is 1.77. The summed E-state index contributed by atoms with van der Waals surface area (Å²) >= 11 is 1.22. The molecule has 0 aliphatic heterocycles. The highest BCUT2D eigenvalue weighted by Crippen LogP contribution is 2.16. The number of rotatable bonds is 6. The van der Waals surface area contributed by atoms with Crippen LogP contribution in [-0.2, 0) is 9.59 Å². The molecule has 0 unspecified atom stereocenters. The van der Waals surface area contributed by atoms with Gasteiger partial charge in [-0.15, -0.1) is 0 Å². The van der Waals surface area contributed by atoms with E-state index in [1.807, 2.05) is 20.8 Å². The van der Waals surface area contributed by atoms with Crippen molar-refractivity contribution in [1.82, 2.24) is 15.3 Å². The number of aryl methyl sites for hydroxylation is 2. The largest absolute Gasteiger partial charge is 0.346 e. The normalized spacial score (nSPS) is 10.4. The second kappa shape index (κ2) is 8.57. The molecule has 2 aromatic rings. The zero-order valence-corrected chi connectivity index (χ0v) is 15.0. The van der Waals surface area contributed by atoms with Crippen molar-refractivity contribution in [3.05, 3.63) is 47.0 Å². The van der Waals surface area contributed by atoms with Gasteiger partial charge >= 0.3 is 0 Å². The number of nitrogens with zero attached hydrogens (tertiary/aromatic N) is 2. The Bertz CT molecular complexity index is 758. The standard InChI is InChI=1S/C17H19FN4O2S/c1-10-11(2)20-17(21-12(10)3)25-9-16(24)19-8-15(23)22-14-6-4-13(18)5-7-14/h4-7H,8-9H2,1-3H3,(H,19,24)(H,22,23). The lowest BCUT2D eigenvalue weighted by atomic mass is 10.2. The van der Waals surface area contributed by atoms with Gasteiger partial charge in [0.2, 0.25) is 11.8 Å². The van der Waals surface area contributed by atoms with Gasteiger partial charge in [-0.3, -0.25) is 9.59 Å². The Labute approximate surface area is 149 Å². The molecule has 0 saturated carbocycles. The predicted octanol–water partition coefficient (Wildman–Crippen LogP) is 2.39. The van der Waals surface area contributed by atoms with Crippen molar-refractivity contribution in [3.63, 3.8) is 0 Å². The van der Waals surface area contributed by atoms with E-state index in [1.54, 1.807) is 0 Å². The summed E-state index contributed by atoms with van der Waals surface area (Å²) in [7, 11) is 0. The lowest BCUT2D eigenvalue weighted by molar-refractivity contribution is -0.122. The molecule has 1 aromatic heterocycles. The van der Waals surface area contributed by atoms with Crippen LogP contribution in [0.3, 0.4) is 0 Å². The predicted molar refractivity (Wildman–Crippen MR) is 95.0 cm³/mol. The summed E-state index contributed by atoms with van der Waals surface area (Å²) in [5.41, 5.74) is 3.27. The van der Waals surface area contributed by atoms with Crippen LogP contribution in [0.1, 0.15) is 17.0 Å². The maximum atomic E-state index is 12.8. The second-order valence-corrected chi connectivity index (χ2v) is 6.36. The third-order valence-corrected chi connectivity index (χ3v) is 4.37. The van der Waals surface area contributed by atoms with Gasteiger partial charge in [0.15, 0.2) is 5.16 Å². The van der Waals surface area contributed by atoms with E-state index >= 15 is 0 Å². The van der Waals surface area contributed by atoms with Crippen molar-refractivity contribution in [2.75, 3.05) is 17.6 Å². The molecule has 0 bridgehead atoms. The molecule has 0 spiro atoms. The fourth-order valence-electron chi connectivity index (χ4n) is 1.90. The number of hydrogen-bond donors (Lipinski definition) is 2. The quantitative estimate of drug-likeness (QED) is 0.609. The van der Waals surface area contributed by atoms with Crippen molar-refractivity contribution >= 4 is 29.3 Å². The Morgan fingerprint density at radius 3 is 2.24 bits per heavy atom. The smallest absolute Gasteiger partial charge is 0.243 e. The minimum atomic E-state index is -0.386. The van der Waals surface area contributed by atoms with E-state index in [0.29, 0.717) is 10.8 Å². The van der Waals surface area contributed by atoms with Crippen LogP contribution in [-0.4, -0.2) is 34.1 Å². The number of carbonyl (C=O) groups is 2. The molecule has 0 saturated heterocycles. The topological polar surface area (TPSA) is 84.0 Å². The molecular formula is C17H19FN4O2S. The number of benzene rings is 1. The number of thioether (sulfide) groups is 1. The van der Waals surface area contributed by atoms with Gasteiger partial charge in [-0.05, 0) is 50.6 Å².